The normalized spacial score (nSPS) is 23.6. The number of piperidine rings is 1. The summed E-state index contributed by atoms with van der Waals surface area (Å²) in [6, 6.07) is 0. The lowest BCUT2D eigenvalue weighted by molar-refractivity contribution is -0.129. The fourth-order valence-corrected chi connectivity index (χ4v) is 4.88. The number of aromatic nitrogens is 3. The van der Waals surface area contributed by atoms with Gasteiger partial charge in [0, 0.05) is 45.6 Å². The summed E-state index contributed by atoms with van der Waals surface area (Å²) in [5.74, 6) is 3.85. The van der Waals surface area contributed by atoms with Crippen molar-refractivity contribution in [3.63, 3.8) is 0 Å². The molecule has 0 bridgehead atoms. The fraction of sp³-hybridized carbons (Fsp3) is 0.842. The second kappa shape index (κ2) is 7.44. The van der Waals surface area contributed by atoms with Crippen LogP contribution in [0.25, 0.3) is 0 Å². The summed E-state index contributed by atoms with van der Waals surface area (Å²) in [6.45, 7) is 7.72. The molecular formula is C19H31N5O. The molecule has 3 aliphatic rings. The molecule has 3 heterocycles. The second-order valence-electron chi connectivity index (χ2n) is 8.15. The van der Waals surface area contributed by atoms with Crippen molar-refractivity contribution in [1.29, 1.82) is 0 Å². The van der Waals surface area contributed by atoms with Crippen LogP contribution in [0.4, 0.5) is 0 Å². The highest BCUT2D eigenvalue weighted by Gasteiger charge is 2.29. The Labute approximate surface area is 150 Å². The van der Waals surface area contributed by atoms with E-state index in [1.165, 1.54) is 38.6 Å². The van der Waals surface area contributed by atoms with Gasteiger partial charge < -0.3 is 9.47 Å². The Morgan fingerprint density at radius 1 is 1.00 bits per heavy atom. The molecule has 0 unspecified atom stereocenters. The monoisotopic (exact) mass is 345 g/mol. The van der Waals surface area contributed by atoms with Gasteiger partial charge in [-0.15, -0.1) is 10.2 Å². The minimum absolute atomic E-state index is 0.195. The van der Waals surface area contributed by atoms with Crippen molar-refractivity contribution in [2.24, 2.45) is 5.92 Å². The second-order valence-corrected chi connectivity index (χ2v) is 8.15. The van der Waals surface area contributed by atoms with Crippen LogP contribution in [0.5, 0.6) is 0 Å². The molecule has 0 radical (unpaired) electrons. The number of rotatable bonds is 3. The van der Waals surface area contributed by atoms with Gasteiger partial charge in [0.25, 0.3) is 0 Å². The van der Waals surface area contributed by atoms with Gasteiger partial charge >= 0.3 is 0 Å². The van der Waals surface area contributed by atoms with E-state index in [0.29, 0.717) is 5.92 Å². The maximum Gasteiger partial charge on any atom is 0.219 e. The molecule has 1 aromatic rings. The Morgan fingerprint density at radius 3 is 2.48 bits per heavy atom. The standard InChI is InChI=1S/C19H31N5O/c1-15(25)23-9-7-17(8-10-23)19-21-20-18-14-22(11-12-24(18)19)13-16-5-3-2-4-6-16/h16-17H,2-14H2,1H3. The largest absolute Gasteiger partial charge is 0.343 e. The quantitative estimate of drug-likeness (QED) is 0.844. The van der Waals surface area contributed by atoms with Crippen LogP contribution in [0.15, 0.2) is 0 Å². The van der Waals surface area contributed by atoms with E-state index >= 15 is 0 Å². The smallest absolute Gasteiger partial charge is 0.219 e. The van der Waals surface area contributed by atoms with Gasteiger partial charge in [-0.25, -0.2) is 0 Å². The number of carbonyl (C=O) groups excluding carboxylic acids is 1. The number of hydrogen-bond acceptors (Lipinski definition) is 4. The SMILES string of the molecule is CC(=O)N1CCC(c2nnc3n2CCN(CC2CCCCC2)C3)CC1. The first kappa shape index (κ1) is 17.0. The molecule has 0 spiro atoms. The van der Waals surface area contributed by atoms with Crippen LogP contribution in [0, 0.1) is 5.92 Å². The first-order valence-electron chi connectivity index (χ1n) is 10.1. The van der Waals surface area contributed by atoms with Gasteiger partial charge in [0.15, 0.2) is 0 Å². The molecule has 0 aromatic carbocycles. The molecule has 138 valence electrons. The zero-order chi connectivity index (χ0) is 17.2. The number of hydrogen-bond donors (Lipinski definition) is 0. The van der Waals surface area contributed by atoms with Gasteiger partial charge in [-0.05, 0) is 31.6 Å². The summed E-state index contributed by atoms with van der Waals surface area (Å²) in [5.41, 5.74) is 0. The summed E-state index contributed by atoms with van der Waals surface area (Å²) < 4.78 is 2.37. The van der Waals surface area contributed by atoms with Crippen molar-refractivity contribution >= 4 is 5.91 Å². The van der Waals surface area contributed by atoms with E-state index in [1.807, 2.05) is 4.90 Å². The summed E-state index contributed by atoms with van der Waals surface area (Å²) in [5, 5.41) is 9.08. The van der Waals surface area contributed by atoms with Crippen molar-refractivity contribution in [3.05, 3.63) is 11.6 Å². The highest BCUT2D eigenvalue weighted by atomic mass is 16.2. The van der Waals surface area contributed by atoms with Crippen LogP contribution in [0.3, 0.4) is 0 Å². The summed E-state index contributed by atoms with van der Waals surface area (Å²) >= 11 is 0. The average molecular weight is 345 g/mol. The zero-order valence-corrected chi connectivity index (χ0v) is 15.5. The third-order valence-corrected chi connectivity index (χ3v) is 6.41. The third kappa shape index (κ3) is 3.73. The predicted octanol–water partition coefficient (Wildman–Crippen LogP) is 2.40. The number of amides is 1. The van der Waals surface area contributed by atoms with Gasteiger partial charge in [-0.1, -0.05) is 19.3 Å². The van der Waals surface area contributed by atoms with Crippen LogP contribution in [-0.2, 0) is 17.9 Å². The van der Waals surface area contributed by atoms with Crippen LogP contribution in [0.1, 0.15) is 69.4 Å². The van der Waals surface area contributed by atoms with E-state index in [9.17, 15) is 4.79 Å². The summed E-state index contributed by atoms with van der Waals surface area (Å²) in [7, 11) is 0. The first-order valence-corrected chi connectivity index (χ1v) is 10.1. The van der Waals surface area contributed by atoms with Crippen molar-refractivity contribution in [1.82, 2.24) is 24.6 Å². The molecule has 1 aromatic heterocycles. The molecule has 6 nitrogen and oxygen atoms in total. The number of nitrogens with zero attached hydrogens (tertiary/aromatic N) is 5. The number of carbonyl (C=O) groups is 1. The molecule has 2 fully saturated rings. The van der Waals surface area contributed by atoms with Crippen molar-refractivity contribution < 1.29 is 4.79 Å². The van der Waals surface area contributed by atoms with Gasteiger partial charge in [-0.2, -0.15) is 0 Å². The molecule has 25 heavy (non-hydrogen) atoms. The van der Waals surface area contributed by atoms with E-state index in [0.717, 1.165) is 63.1 Å². The van der Waals surface area contributed by atoms with Crippen molar-refractivity contribution in [2.75, 3.05) is 26.2 Å². The van der Waals surface area contributed by atoms with Crippen molar-refractivity contribution in [3.8, 4) is 0 Å². The lowest BCUT2D eigenvalue weighted by atomic mass is 9.89. The van der Waals surface area contributed by atoms with Gasteiger partial charge in [-0.3, -0.25) is 9.69 Å². The molecule has 6 heteroatoms. The maximum absolute atomic E-state index is 11.5. The number of fused-ring (bicyclic) bond motifs is 1. The molecule has 1 saturated heterocycles. The fourth-order valence-electron chi connectivity index (χ4n) is 4.88. The molecule has 2 aliphatic heterocycles. The van der Waals surface area contributed by atoms with E-state index in [1.54, 1.807) is 6.92 Å². The molecule has 0 N–H and O–H groups in total. The third-order valence-electron chi connectivity index (χ3n) is 6.41. The van der Waals surface area contributed by atoms with Gasteiger partial charge in [0.2, 0.25) is 5.91 Å². The first-order chi connectivity index (χ1) is 12.2. The Hall–Kier alpha value is -1.43. The Balaban J connectivity index is 1.36. The Kier molecular flexibility index (Phi) is 5.06. The van der Waals surface area contributed by atoms with Crippen LogP contribution in [-0.4, -0.2) is 56.7 Å². The molecule has 1 saturated carbocycles. The summed E-state index contributed by atoms with van der Waals surface area (Å²) in [4.78, 5) is 16.1. The Bertz CT molecular complexity index is 599. The van der Waals surface area contributed by atoms with Crippen LogP contribution < -0.4 is 0 Å². The van der Waals surface area contributed by atoms with Crippen molar-refractivity contribution in [2.45, 2.75) is 70.9 Å². The van der Waals surface area contributed by atoms with Gasteiger partial charge in [0.1, 0.15) is 11.6 Å². The topological polar surface area (TPSA) is 54.3 Å². The lowest BCUT2D eigenvalue weighted by Gasteiger charge is -2.34. The lowest BCUT2D eigenvalue weighted by Crippen LogP contribution is -2.39. The highest BCUT2D eigenvalue weighted by molar-refractivity contribution is 5.73. The highest BCUT2D eigenvalue weighted by Crippen LogP contribution is 2.30. The molecule has 1 aliphatic carbocycles. The molecule has 1 amide bonds. The molecule has 4 rings (SSSR count). The van der Waals surface area contributed by atoms with E-state index in [2.05, 4.69) is 19.7 Å². The Morgan fingerprint density at radius 2 is 1.76 bits per heavy atom. The van der Waals surface area contributed by atoms with Crippen LogP contribution in [0.2, 0.25) is 0 Å². The zero-order valence-electron chi connectivity index (χ0n) is 15.5. The van der Waals surface area contributed by atoms with E-state index in [-0.39, 0.29) is 5.91 Å². The van der Waals surface area contributed by atoms with Crippen LogP contribution >= 0.6 is 0 Å². The molecular weight excluding hydrogens is 314 g/mol. The van der Waals surface area contributed by atoms with Gasteiger partial charge in [0.05, 0.1) is 6.54 Å². The maximum atomic E-state index is 11.5. The minimum Gasteiger partial charge on any atom is -0.343 e. The molecule has 0 atom stereocenters. The van der Waals surface area contributed by atoms with E-state index < -0.39 is 0 Å². The predicted molar refractivity (Wildman–Crippen MR) is 96.1 cm³/mol. The average Bonchev–Trinajstić information content (AvgIpc) is 3.06. The van der Waals surface area contributed by atoms with E-state index in [4.69, 9.17) is 0 Å². The summed E-state index contributed by atoms with van der Waals surface area (Å²) in [6.07, 6.45) is 9.10. The number of likely N-dealkylation sites (tertiary alicyclic amines) is 1. The minimum atomic E-state index is 0.195.